The molecule has 136 valence electrons. The van der Waals surface area contributed by atoms with Crippen molar-refractivity contribution >= 4 is 23.6 Å². The fourth-order valence-corrected chi connectivity index (χ4v) is 2.86. The first-order valence-corrected chi connectivity index (χ1v) is 8.24. The summed E-state index contributed by atoms with van der Waals surface area (Å²) in [5, 5.41) is 15.4. The molecule has 2 amide bonds. The SMILES string of the molecule is CCC1=C(C(=O)OC(C)C)C(c2ccc(OC)c(O)c2Cl)NC(=O)N1. The third kappa shape index (κ3) is 3.82. The van der Waals surface area contributed by atoms with Crippen LogP contribution in [0.3, 0.4) is 0 Å². The van der Waals surface area contributed by atoms with Crippen LogP contribution in [-0.4, -0.2) is 30.3 Å². The summed E-state index contributed by atoms with van der Waals surface area (Å²) in [6.45, 7) is 5.29. The first-order chi connectivity index (χ1) is 11.8. The van der Waals surface area contributed by atoms with Crippen molar-refractivity contribution in [2.24, 2.45) is 0 Å². The Hall–Kier alpha value is -2.41. The first-order valence-electron chi connectivity index (χ1n) is 7.87. The van der Waals surface area contributed by atoms with Crippen molar-refractivity contribution in [1.82, 2.24) is 10.6 Å². The fourth-order valence-electron chi connectivity index (χ4n) is 2.60. The maximum atomic E-state index is 12.6. The molecule has 0 saturated carbocycles. The van der Waals surface area contributed by atoms with E-state index in [0.29, 0.717) is 17.7 Å². The van der Waals surface area contributed by atoms with Crippen LogP contribution in [0.15, 0.2) is 23.4 Å². The lowest BCUT2D eigenvalue weighted by Crippen LogP contribution is -2.46. The lowest BCUT2D eigenvalue weighted by atomic mass is 9.94. The average molecular weight is 369 g/mol. The maximum absolute atomic E-state index is 12.6. The van der Waals surface area contributed by atoms with Crippen LogP contribution in [0.1, 0.15) is 38.8 Å². The van der Waals surface area contributed by atoms with Crippen LogP contribution in [0.2, 0.25) is 5.02 Å². The van der Waals surface area contributed by atoms with E-state index in [0.717, 1.165) is 0 Å². The molecular weight excluding hydrogens is 348 g/mol. The highest BCUT2D eigenvalue weighted by Crippen LogP contribution is 2.41. The molecule has 3 N–H and O–H groups in total. The first kappa shape index (κ1) is 18.9. The molecule has 0 bridgehead atoms. The minimum absolute atomic E-state index is 0.00292. The van der Waals surface area contributed by atoms with Gasteiger partial charge in [0.25, 0.3) is 0 Å². The van der Waals surface area contributed by atoms with Gasteiger partial charge in [0.05, 0.1) is 29.9 Å². The molecule has 0 saturated heterocycles. The Balaban J connectivity index is 2.58. The number of rotatable bonds is 5. The normalized spacial score (nSPS) is 17.2. The highest BCUT2D eigenvalue weighted by Gasteiger charge is 2.35. The van der Waals surface area contributed by atoms with Gasteiger partial charge in [0.15, 0.2) is 11.5 Å². The quantitative estimate of drug-likeness (QED) is 0.694. The molecule has 0 radical (unpaired) electrons. The largest absolute Gasteiger partial charge is 0.503 e. The zero-order valence-corrected chi connectivity index (χ0v) is 15.2. The number of nitrogens with one attached hydrogen (secondary N) is 2. The lowest BCUT2D eigenvalue weighted by molar-refractivity contribution is -0.143. The standard InChI is InChI=1S/C17H21ClN2O5/c1-5-10-12(16(22)25-8(2)3)14(20-17(23)19-10)9-6-7-11(24-4)15(21)13(9)18/h6-8,14,21H,5H2,1-4H3,(H2,19,20,23). The monoisotopic (exact) mass is 368 g/mol. The number of hydrogen-bond acceptors (Lipinski definition) is 5. The van der Waals surface area contributed by atoms with Crippen molar-refractivity contribution in [2.45, 2.75) is 39.3 Å². The molecule has 0 aliphatic carbocycles. The van der Waals surface area contributed by atoms with Crippen molar-refractivity contribution in [2.75, 3.05) is 7.11 Å². The molecule has 25 heavy (non-hydrogen) atoms. The smallest absolute Gasteiger partial charge is 0.338 e. The fraction of sp³-hybridized carbons (Fsp3) is 0.412. The van der Waals surface area contributed by atoms with E-state index in [9.17, 15) is 14.7 Å². The van der Waals surface area contributed by atoms with Crippen molar-refractivity contribution < 1.29 is 24.2 Å². The van der Waals surface area contributed by atoms with Gasteiger partial charge in [-0.05, 0) is 26.3 Å². The van der Waals surface area contributed by atoms with Crippen LogP contribution in [0, 0.1) is 0 Å². The molecule has 1 aliphatic rings. The number of urea groups is 1. The Kier molecular flexibility index (Phi) is 5.79. The molecule has 2 rings (SSSR count). The van der Waals surface area contributed by atoms with Gasteiger partial charge in [0, 0.05) is 11.3 Å². The number of phenols is 1. The number of aromatic hydroxyl groups is 1. The van der Waals surface area contributed by atoms with E-state index < -0.39 is 18.0 Å². The van der Waals surface area contributed by atoms with E-state index in [4.69, 9.17) is 21.1 Å². The molecule has 8 heteroatoms. The molecule has 1 aromatic rings. The predicted molar refractivity (Wildman–Crippen MR) is 92.6 cm³/mol. The van der Waals surface area contributed by atoms with Crippen LogP contribution >= 0.6 is 11.6 Å². The summed E-state index contributed by atoms with van der Waals surface area (Å²) in [4.78, 5) is 24.6. The molecule has 1 atom stereocenters. The van der Waals surface area contributed by atoms with Crippen LogP contribution < -0.4 is 15.4 Å². The van der Waals surface area contributed by atoms with Crippen molar-refractivity contribution in [3.8, 4) is 11.5 Å². The minimum atomic E-state index is -0.848. The van der Waals surface area contributed by atoms with Crippen LogP contribution in [0.25, 0.3) is 0 Å². The summed E-state index contributed by atoms with van der Waals surface area (Å²) >= 11 is 6.25. The van der Waals surface area contributed by atoms with Gasteiger partial charge in [0.1, 0.15) is 0 Å². The summed E-state index contributed by atoms with van der Waals surface area (Å²) in [7, 11) is 1.40. The average Bonchev–Trinajstić information content (AvgIpc) is 2.55. The van der Waals surface area contributed by atoms with Crippen LogP contribution in [0.4, 0.5) is 4.79 Å². The van der Waals surface area contributed by atoms with E-state index in [-0.39, 0.29) is 28.2 Å². The minimum Gasteiger partial charge on any atom is -0.503 e. The Morgan fingerprint density at radius 2 is 2.08 bits per heavy atom. The molecule has 0 fully saturated rings. The van der Waals surface area contributed by atoms with E-state index in [1.54, 1.807) is 19.9 Å². The molecule has 0 spiro atoms. The zero-order chi connectivity index (χ0) is 18.7. The number of hydrogen-bond donors (Lipinski definition) is 3. The number of phenolic OH excluding ortho intramolecular Hbond substituents is 1. The van der Waals surface area contributed by atoms with Gasteiger partial charge in [-0.15, -0.1) is 0 Å². The number of ether oxygens (including phenoxy) is 2. The number of allylic oxidation sites excluding steroid dienone is 1. The number of carbonyl (C=O) groups is 2. The second-order valence-electron chi connectivity index (χ2n) is 5.75. The molecule has 0 aromatic heterocycles. The molecule has 1 aliphatic heterocycles. The Labute approximate surface area is 150 Å². The van der Waals surface area contributed by atoms with Gasteiger partial charge < -0.3 is 25.2 Å². The van der Waals surface area contributed by atoms with Gasteiger partial charge in [-0.2, -0.15) is 0 Å². The number of benzene rings is 1. The number of carbonyl (C=O) groups excluding carboxylic acids is 2. The molecule has 1 heterocycles. The second-order valence-corrected chi connectivity index (χ2v) is 6.13. The molecule has 7 nitrogen and oxygen atoms in total. The zero-order valence-electron chi connectivity index (χ0n) is 14.5. The van der Waals surface area contributed by atoms with Gasteiger partial charge in [0.2, 0.25) is 0 Å². The Morgan fingerprint density at radius 3 is 2.64 bits per heavy atom. The van der Waals surface area contributed by atoms with E-state index in [2.05, 4.69) is 10.6 Å². The Bertz CT molecular complexity index is 730. The van der Waals surface area contributed by atoms with Crippen LogP contribution in [0.5, 0.6) is 11.5 Å². The number of esters is 1. The molecule has 1 aromatic carbocycles. The summed E-state index contributed by atoms with van der Waals surface area (Å²) < 4.78 is 10.3. The summed E-state index contributed by atoms with van der Waals surface area (Å²) in [6, 6.07) is 1.79. The lowest BCUT2D eigenvalue weighted by Gasteiger charge is -2.30. The second kappa shape index (κ2) is 7.65. The predicted octanol–water partition coefficient (Wildman–Crippen LogP) is 3.02. The summed E-state index contributed by atoms with van der Waals surface area (Å²) in [6.07, 6.45) is 0.0998. The number of halogens is 1. The van der Waals surface area contributed by atoms with Gasteiger partial charge in [-0.1, -0.05) is 24.6 Å². The summed E-state index contributed by atoms with van der Waals surface area (Å²) in [5.74, 6) is -0.625. The maximum Gasteiger partial charge on any atom is 0.338 e. The van der Waals surface area contributed by atoms with Crippen molar-refractivity contribution in [3.05, 3.63) is 34.0 Å². The Morgan fingerprint density at radius 1 is 1.40 bits per heavy atom. The van der Waals surface area contributed by atoms with Crippen LogP contribution in [-0.2, 0) is 9.53 Å². The highest BCUT2D eigenvalue weighted by atomic mass is 35.5. The topological polar surface area (TPSA) is 96.9 Å². The van der Waals surface area contributed by atoms with E-state index in [1.807, 2.05) is 6.92 Å². The van der Waals surface area contributed by atoms with Gasteiger partial charge in [-0.3, -0.25) is 0 Å². The molecular formula is C17H21ClN2O5. The number of amides is 2. The number of methoxy groups -OCH3 is 1. The van der Waals surface area contributed by atoms with Crippen molar-refractivity contribution in [1.29, 1.82) is 0 Å². The molecule has 1 unspecified atom stereocenters. The van der Waals surface area contributed by atoms with E-state index >= 15 is 0 Å². The van der Waals surface area contributed by atoms with Gasteiger partial charge in [-0.25, -0.2) is 9.59 Å². The van der Waals surface area contributed by atoms with Crippen molar-refractivity contribution in [3.63, 3.8) is 0 Å². The van der Waals surface area contributed by atoms with E-state index in [1.165, 1.54) is 13.2 Å². The van der Waals surface area contributed by atoms with Gasteiger partial charge >= 0.3 is 12.0 Å². The highest BCUT2D eigenvalue weighted by molar-refractivity contribution is 6.33. The third-order valence-corrected chi connectivity index (χ3v) is 4.11. The summed E-state index contributed by atoms with van der Waals surface area (Å²) in [5.41, 5.74) is 1.07. The third-order valence-electron chi connectivity index (χ3n) is 3.71.